The third-order valence-corrected chi connectivity index (χ3v) is 3.55. The lowest BCUT2D eigenvalue weighted by molar-refractivity contribution is 0.422. The minimum atomic E-state index is 0.434. The zero-order chi connectivity index (χ0) is 12.3. The van der Waals surface area contributed by atoms with Crippen molar-refractivity contribution in [2.45, 2.75) is 12.8 Å². The van der Waals surface area contributed by atoms with Gasteiger partial charge in [0.05, 0.1) is 10.6 Å². The van der Waals surface area contributed by atoms with Gasteiger partial charge in [0, 0.05) is 10.9 Å². The number of rotatable bonds is 4. The average Bonchev–Trinajstić information content (AvgIpc) is 2.78. The Morgan fingerprint density at radius 3 is 3.00 bits per heavy atom. The Morgan fingerprint density at radius 2 is 2.24 bits per heavy atom. The van der Waals surface area contributed by atoms with E-state index in [1.165, 1.54) is 0 Å². The van der Waals surface area contributed by atoms with Crippen LogP contribution in [0, 0.1) is 0 Å². The van der Waals surface area contributed by atoms with E-state index in [0.29, 0.717) is 29.7 Å². The maximum absolute atomic E-state index is 6.15. The van der Waals surface area contributed by atoms with Crippen LogP contribution in [0.2, 0.25) is 5.02 Å². The number of hydrogen-bond donors (Lipinski definition) is 1. The van der Waals surface area contributed by atoms with Crippen molar-refractivity contribution < 1.29 is 4.52 Å². The molecule has 1 aromatic carbocycles. The second kappa shape index (κ2) is 5.62. The first-order valence-corrected chi connectivity index (χ1v) is 6.36. The van der Waals surface area contributed by atoms with Gasteiger partial charge in [-0.25, -0.2) is 0 Å². The van der Waals surface area contributed by atoms with Crippen LogP contribution in [0.4, 0.5) is 0 Å². The third kappa shape index (κ3) is 2.86. The van der Waals surface area contributed by atoms with E-state index in [-0.39, 0.29) is 0 Å². The van der Waals surface area contributed by atoms with E-state index in [4.69, 9.17) is 21.9 Å². The second-order valence-electron chi connectivity index (χ2n) is 3.51. The fourth-order valence-electron chi connectivity index (χ4n) is 1.39. The van der Waals surface area contributed by atoms with Crippen molar-refractivity contribution in [2.24, 2.45) is 5.73 Å². The van der Waals surface area contributed by atoms with Crippen LogP contribution in [0.25, 0.3) is 11.5 Å². The summed E-state index contributed by atoms with van der Waals surface area (Å²) in [6.07, 6.45) is 1.55. The molecule has 0 aliphatic heterocycles. The first kappa shape index (κ1) is 12.5. The van der Waals surface area contributed by atoms with E-state index in [9.17, 15) is 0 Å². The zero-order valence-corrected chi connectivity index (χ0v) is 11.3. The molecule has 90 valence electrons. The van der Waals surface area contributed by atoms with E-state index in [0.717, 1.165) is 16.5 Å². The highest BCUT2D eigenvalue weighted by atomic mass is 79.9. The lowest BCUT2D eigenvalue weighted by Crippen LogP contribution is -2.01. The van der Waals surface area contributed by atoms with Crippen LogP contribution >= 0.6 is 27.5 Å². The molecule has 2 N–H and O–H groups in total. The van der Waals surface area contributed by atoms with Gasteiger partial charge in [-0.05, 0) is 41.0 Å². The maximum Gasteiger partial charge on any atom is 0.259 e. The van der Waals surface area contributed by atoms with Gasteiger partial charge in [-0.15, -0.1) is 0 Å². The van der Waals surface area contributed by atoms with Crippen molar-refractivity contribution in [2.75, 3.05) is 6.54 Å². The SMILES string of the molecule is NCCCc1noc(-c2cccc(Br)c2Cl)n1. The van der Waals surface area contributed by atoms with Crippen LogP contribution < -0.4 is 5.73 Å². The number of halogens is 2. The summed E-state index contributed by atoms with van der Waals surface area (Å²) in [5, 5.41) is 4.46. The Hall–Kier alpha value is -0.910. The van der Waals surface area contributed by atoms with E-state index in [1.54, 1.807) is 0 Å². The molecule has 0 bridgehead atoms. The molecule has 0 unspecified atom stereocenters. The Bertz CT molecular complexity index is 515. The van der Waals surface area contributed by atoms with Gasteiger partial charge in [0.15, 0.2) is 5.82 Å². The van der Waals surface area contributed by atoms with Gasteiger partial charge in [-0.3, -0.25) is 0 Å². The summed E-state index contributed by atoms with van der Waals surface area (Å²) in [7, 11) is 0. The summed E-state index contributed by atoms with van der Waals surface area (Å²) >= 11 is 9.50. The van der Waals surface area contributed by atoms with Gasteiger partial charge < -0.3 is 10.3 Å². The standard InChI is InChI=1S/C11H11BrClN3O/c12-8-4-1-3-7(10(8)13)11-15-9(16-17-11)5-2-6-14/h1,3-4H,2,5-6,14H2. The predicted octanol–water partition coefficient (Wildman–Crippen LogP) is 3.04. The molecule has 0 amide bonds. The molecule has 2 rings (SSSR count). The van der Waals surface area contributed by atoms with Crippen molar-refractivity contribution in [1.29, 1.82) is 0 Å². The normalized spacial score (nSPS) is 10.8. The second-order valence-corrected chi connectivity index (χ2v) is 4.74. The molecule has 2 aromatic rings. The highest BCUT2D eigenvalue weighted by Crippen LogP contribution is 2.32. The number of benzene rings is 1. The summed E-state index contributed by atoms with van der Waals surface area (Å²) in [5.74, 6) is 1.09. The molecule has 17 heavy (non-hydrogen) atoms. The quantitative estimate of drug-likeness (QED) is 0.941. The number of nitrogens with two attached hydrogens (primary N) is 1. The molecule has 0 saturated heterocycles. The average molecular weight is 317 g/mol. The van der Waals surface area contributed by atoms with Gasteiger partial charge in [-0.2, -0.15) is 4.98 Å². The smallest absolute Gasteiger partial charge is 0.259 e. The molecular weight excluding hydrogens is 305 g/mol. The number of aryl methyl sites for hydroxylation is 1. The van der Waals surface area contributed by atoms with Crippen LogP contribution in [0.5, 0.6) is 0 Å². The Labute approximate surface area is 112 Å². The first-order valence-electron chi connectivity index (χ1n) is 5.19. The van der Waals surface area contributed by atoms with Crippen molar-refractivity contribution in [1.82, 2.24) is 10.1 Å². The van der Waals surface area contributed by atoms with Gasteiger partial charge >= 0.3 is 0 Å². The van der Waals surface area contributed by atoms with Crippen molar-refractivity contribution in [3.05, 3.63) is 33.5 Å². The van der Waals surface area contributed by atoms with Gasteiger partial charge in [0.2, 0.25) is 0 Å². The maximum atomic E-state index is 6.15. The molecular formula is C11H11BrClN3O. The fourth-order valence-corrected chi connectivity index (χ4v) is 1.97. The molecule has 0 atom stereocenters. The van der Waals surface area contributed by atoms with Crippen LogP contribution in [0.3, 0.4) is 0 Å². The van der Waals surface area contributed by atoms with E-state index < -0.39 is 0 Å². The lowest BCUT2D eigenvalue weighted by Gasteiger charge is -1.99. The van der Waals surface area contributed by atoms with E-state index in [2.05, 4.69) is 26.1 Å². The summed E-state index contributed by atoms with van der Waals surface area (Å²) in [5.41, 5.74) is 6.15. The molecule has 0 saturated carbocycles. The number of aromatic nitrogens is 2. The number of nitrogens with zero attached hydrogens (tertiary/aromatic N) is 2. The number of hydrogen-bond acceptors (Lipinski definition) is 4. The van der Waals surface area contributed by atoms with Crippen LogP contribution in [0.15, 0.2) is 27.2 Å². The molecule has 4 nitrogen and oxygen atoms in total. The molecule has 0 radical (unpaired) electrons. The largest absolute Gasteiger partial charge is 0.334 e. The van der Waals surface area contributed by atoms with Crippen LogP contribution in [0.1, 0.15) is 12.2 Å². The van der Waals surface area contributed by atoms with E-state index >= 15 is 0 Å². The molecule has 0 spiro atoms. The molecule has 1 heterocycles. The van der Waals surface area contributed by atoms with Crippen LogP contribution in [-0.2, 0) is 6.42 Å². The minimum absolute atomic E-state index is 0.434. The molecule has 0 aliphatic carbocycles. The monoisotopic (exact) mass is 315 g/mol. The molecule has 0 fully saturated rings. The van der Waals surface area contributed by atoms with Gasteiger partial charge in [-0.1, -0.05) is 22.8 Å². The van der Waals surface area contributed by atoms with E-state index in [1.807, 2.05) is 18.2 Å². The third-order valence-electron chi connectivity index (χ3n) is 2.25. The summed E-state index contributed by atoms with van der Waals surface area (Å²) in [4.78, 5) is 4.28. The summed E-state index contributed by atoms with van der Waals surface area (Å²) in [6.45, 7) is 0.613. The van der Waals surface area contributed by atoms with Crippen LogP contribution in [-0.4, -0.2) is 16.7 Å². The summed E-state index contributed by atoms with van der Waals surface area (Å²) in [6, 6.07) is 5.57. The predicted molar refractivity (Wildman–Crippen MR) is 69.8 cm³/mol. The Kier molecular flexibility index (Phi) is 4.15. The topological polar surface area (TPSA) is 64.9 Å². The Balaban J connectivity index is 2.27. The molecule has 1 aromatic heterocycles. The minimum Gasteiger partial charge on any atom is -0.334 e. The Morgan fingerprint density at radius 1 is 1.41 bits per heavy atom. The van der Waals surface area contributed by atoms with Gasteiger partial charge in [0.25, 0.3) is 5.89 Å². The first-order chi connectivity index (χ1) is 8.22. The fraction of sp³-hybridized carbons (Fsp3) is 0.273. The highest BCUT2D eigenvalue weighted by molar-refractivity contribution is 9.10. The van der Waals surface area contributed by atoms with Crippen molar-refractivity contribution >= 4 is 27.5 Å². The highest BCUT2D eigenvalue weighted by Gasteiger charge is 2.13. The molecule has 6 heteroatoms. The van der Waals surface area contributed by atoms with Crippen molar-refractivity contribution in [3.8, 4) is 11.5 Å². The van der Waals surface area contributed by atoms with Gasteiger partial charge in [0.1, 0.15) is 0 Å². The lowest BCUT2D eigenvalue weighted by atomic mass is 10.2. The summed E-state index contributed by atoms with van der Waals surface area (Å²) < 4.78 is 5.98. The van der Waals surface area contributed by atoms with Crippen molar-refractivity contribution in [3.63, 3.8) is 0 Å². The molecule has 0 aliphatic rings. The zero-order valence-electron chi connectivity index (χ0n) is 8.99.